The van der Waals surface area contributed by atoms with Crippen LogP contribution in [0.2, 0.25) is 0 Å². The summed E-state index contributed by atoms with van der Waals surface area (Å²) in [6.45, 7) is 3.07. The number of cyclic esters (lactones) is 1. The first-order chi connectivity index (χ1) is 21.3. The molecule has 0 radical (unpaired) electrons. The maximum absolute atomic E-state index is 12.8. The lowest BCUT2D eigenvalue weighted by Crippen LogP contribution is -2.39. The molecule has 1 fully saturated rings. The molecule has 13 heteroatoms. The molecule has 1 aliphatic carbocycles. The van der Waals surface area contributed by atoms with Gasteiger partial charge in [0.1, 0.15) is 21.4 Å². The number of carbonyl (C=O) groups excluding carboxylic acids is 3. The predicted octanol–water partition coefficient (Wildman–Crippen LogP) is 4.18. The number of carbonyl (C=O) groups is 3. The van der Waals surface area contributed by atoms with Crippen molar-refractivity contribution in [1.82, 2.24) is 15.3 Å². The lowest BCUT2D eigenvalue weighted by Gasteiger charge is -2.29. The van der Waals surface area contributed by atoms with Gasteiger partial charge in [0.2, 0.25) is 0 Å². The molecule has 2 unspecified atom stereocenters. The lowest BCUT2D eigenvalue weighted by molar-refractivity contribution is -0.121. The SMILES string of the molecule is COc1ccc(CN2C(=O)COc3ccc(N4CC(CCNC(=O)OCC5Cc6cc(I)nc(C)c6C5)OC4=O)nc32)cc1. The summed E-state index contributed by atoms with van der Waals surface area (Å²) in [7, 11) is 1.59. The number of methoxy groups -OCH3 is 1. The van der Waals surface area contributed by atoms with E-state index < -0.39 is 18.3 Å². The molecule has 12 nitrogen and oxygen atoms in total. The van der Waals surface area contributed by atoms with E-state index in [2.05, 4.69) is 43.9 Å². The Kier molecular flexibility index (Phi) is 8.73. The summed E-state index contributed by atoms with van der Waals surface area (Å²) in [5, 5.41) is 2.76. The fourth-order valence-electron chi connectivity index (χ4n) is 5.71. The molecule has 4 heterocycles. The summed E-state index contributed by atoms with van der Waals surface area (Å²) >= 11 is 2.22. The van der Waals surface area contributed by atoms with Crippen molar-refractivity contribution in [3.05, 3.63) is 68.5 Å². The van der Waals surface area contributed by atoms with Gasteiger partial charge in [-0.25, -0.2) is 19.6 Å². The minimum Gasteiger partial charge on any atom is -0.497 e. The van der Waals surface area contributed by atoms with Gasteiger partial charge in [-0.05, 0) is 89.4 Å². The van der Waals surface area contributed by atoms with Crippen LogP contribution in [0.4, 0.5) is 21.2 Å². The van der Waals surface area contributed by atoms with E-state index in [0.717, 1.165) is 33.5 Å². The van der Waals surface area contributed by atoms with Gasteiger partial charge in [-0.3, -0.25) is 14.6 Å². The minimum absolute atomic E-state index is 0.0989. The fraction of sp³-hybridized carbons (Fsp3) is 0.387. The Balaban J connectivity index is 1.00. The second kappa shape index (κ2) is 12.8. The molecular formula is C31H32IN5O7. The highest BCUT2D eigenvalue weighted by molar-refractivity contribution is 14.1. The molecule has 2 atom stereocenters. The van der Waals surface area contributed by atoms with E-state index in [0.29, 0.717) is 30.4 Å². The van der Waals surface area contributed by atoms with Crippen molar-refractivity contribution in [2.24, 2.45) is 5.92 Å². The fourth-order valence-corrected chi connectivity index (χ4v) is 6.44. The summed E-state index contributed by atoms with van der Waals surface area (Å²) in [4.78, 5) is 50.0. The van der Waals surface area contributed by atoms with Gasteiger partial charge < -0.3 is 24.3 Å². The second-order valence-corrected chi connectivity index (χ2v) is 12.1. The number of fused-ring (bicyclic) bond motifs is 2. The third-order valence-electron chi connectivity index (χ3n) is 7.96. The molecule has 44 heavy (non-hydrogen) atoms. The Bertz CT molecular complexity index is 1580. The number of hydrogen-bond donors (Lipinski definition) is 1. The molecular weight excluding hydrogens is 681 g/mol. The van der Waals surface area contributed by atoms with Gasteiger partial charge in [0.25, 0.3) is 5.91 Å². The van der Waals surface area contributed by atoms with Crippen LogP contribution in [0.1, 0.15) is 28.8 Å². The number of pyridine rings is 2. The Labute approximate surface area is 268 Å². The van der Waals surface area contributed by atoms with Crippen LogP contribution < -0.4 is 24.6 Å². The minimum atomic E-state index is -0.546. The van der Waals surface area contributed by atoms with Crippen LogP contribution in [0.15, 0.2) is 42.5 Å². The van der Waals surface area contributed by atoms with E-state index in [1.54, 1.807) is 24.1 Å². The first-order valence-electron chi connectivity index (χ1n) is 14.4. The van der Waals surface area contributed by atoms with Crippen LogP contribution in [0.5, 0.6) is 11.5 Å². The Morgan fingerprint density at radius 2 is 1.95 bits per heavy atom. The van der Waals surface area contributed by atoms with Crippen molar-refractivity contribution in [1.29, 1.82) is 0 Å². The van der Waals surface area contributed by atoms with E-state index in [1.807, 2.05) is 31.2 Å². The number of ether oxygens (including phenoxy) is 4. The van der Waals surface area contributed by atoms with Crippen molar-refractivity contribution in [3.63, 3.8) is 0 Å². The number of alkyl carbamates (subject to hydrolysis) is 1. The maximum atomic E-state index is 12.8. The second-order valence-electron chi connectivity index (χ2n) is 11.0. The van der Waals surface area contributed by atoms with E-state index in [4.69, 9.17) is 18.9 Å². The van der Waals surface area contributed by atoms with Crippen molar-refractivity contribution in [2.75, 3.05) is 43.2 Å². The number of nitrogens with one attached hydrogen (secondary N) is 1. The number of rotatable bonds is 9. The first kappa shape index (κ1) is 29.9. The van der Waals surface area contributed by atoms with Gasteiger partial charge in [0.15, 0.2) is 18.2 Å². The lowest BCUT2D eigenvalue weighted by atomic mass is 10.1. The number of amides is 3. The molecule has 2 aromatic heterocycles. The number of hydrogen-bond acceptors (Lipinski definition) is 9. The Morgan fingerprint density at radius 1 is 1.14 bits per heavy atom. The Morgan fingerprint density at radius 3 is 2.75 bits per heavy atom. The van der Waals surface area contributed by atoms with E-state index in [1.165, 1.54) is 16.0 Å². The zero-order chi connectivity index (χ0) is 30.8. The van der Waals surface area contributed by atoms with Crippen LogP contribution in [0, 0.1) is 16.5 Å². The third kappa shape index (κ3) is 6.51. The van der Waals surface area contributed by atoms with Crippen LogP contribution in [0.25, 0.3) is 0 Å². The topological polar surface area (TPSA) is 132 Å². The molecule has 0 spiro atoms. The molecule has 1 saturated heterocycles. The van der Waals surface area contributed by atoms with Crippen molar-refractivity contribution < 1.29 is 33.3 Å². The van der Waals surface area contributed by atoms with Crippen LogP contribution in [-0.2, 0) is 33.7 Å². The van der Waals surface area contributed by atoms with E-state index >= 15 is 0 Å². The highest BCUT2D eigenvalue weighted by atomic mass is 127. The largest absolute Gasteiger partial charge is 0.497 e. The maximum Gasteiger partial charge on any atom is 0.415 e. The highest BCUT2D eigenvalue weighted by Crippen LogP contribution is 2.35. The van der Waals surface area contributed by atoms with Crippen molar-refractivity contribution >= 4 is 52.3 Å². The number of aromatic nitrogens is 2. The summed E-state index contributed by atoms with van der Waals surface area (Å²) in [6.07, 6.45) is 0.635. The summed E-state index contributed by atoms with van der Waals surface area (Å²) < 4.78 is 22.8. The number of aryl methyl sites for hydroxylation is 1. The third-order valence-corrected chi connectivity index (χ3v) is 8.51. The highest BCUT2D eigenvalue weighted by Gasteiger charge is 2.35. The molecule has 1 N–H and O–H groups in total. The smallest absolute Gasteiger partial charge is 0.415 e. The zero-order valence-corrected chi connectivity index (χ0v) is 26.5. The molecule has 3 aromatic rings. The molecule has 6 rings (SSSR count). The molecule has 0 saturated carbocycles. The van der Waals surface area contributed by atoms with Crippen LogP contribution >= 0.6 is 22.6 Å². The number of benzene rings is 1. The van der Waals surface area contributed by atoms with Gasteiger partial charge in [0, 0.05) is 24.6 Å². The Hall–Kier alpha value is -4.14. The summed E-state index contributed by atoms with van der Waals surface area (Å²) in [5.41, 5.74) is 4.46. The average Bonchev–Trinajstić information content (AvgIpc) is 3.60. The van der Waals surface area contributed by atoms with Crippen LogP contribution in [0.3, 0.4) is 0 Å². The monoisotopic (exact) mass is 713 g/mol. The van der Waals surface area contributed by atoms with Crippen molar-refractivity contribution in [2.45, 2.75) is 38.8 Å². The molecule has 3 aliphatic rings. The molecule has 3 amide bonds. The average molecular weight is 714 g/mol. The molecule has 0 bridgehead atoms. The van der Waals surface area contributed by atoms with Gasteiger partial charge >= 0.3 is 12.2 Å². The van der Waals surface area contributed by atoms with Gasteiger partial charge in [0.05, 0.1) is 26.8 Å². The van der Waals surface area contributed by atoms with Gasteiger partial charge in [-0.15, -0.1) is 0 Å². The van der Waals surface area contributed by atoms with E-state index in [9.17, 15) is 14.4 Å². The number of nitrogens with zero attached hydrogens (tertiary/aromatic N) is 4. The predicted molar refractivity (Wildman–Crippen MR) is 168 cm³/mol. The quantitative estimate of drug-likeness (QED) is 0.256. The van der Waals surface area contributed by atoms with Crippen molar-refractivity contribution in [3.8, 4) is 11.5 Å². The number of halogens is 1. The molecule has 2 aliphatic heterocycles. The first-order valence-corrected chi connectivity index (χ1v) is 15.5. The standard InChI is InChI=1S/C31H32IN5O7/c1-18-24-12-20(11-21(24)13-26(32)34-18)16-43-30(39)33-10-9-23-15-36(31(40)44-23)27-8-7-25-29(35-27)37(28(38)17-42-25)14-19-3-5-22(41-2)6-4-19/h3-8,13,20,23H,9-12,14-17H2,1-2H3,(H,33,39). The summed E-state index contributed by atoms with van der Waals surface area (Å²) in [5.74, 6) is 1.85. The number of anilines is 2. The van der Waals surface area contributed by atoms with E-state index in [-0.39, 0.29) is 38.1 Å². The van der Waals surface area contributed by atoms with Gasteiger partial charge in [-0.1, -0.05) is 12.1 Å². The normalized spacial score (nSPS) is 18.8. The van der Waals surface area contributed by atoms with Gasteiger partial charge in [-0.2, -0.15) is 0 Å². The zero-order valence-electron chi connectivity index (χ0n) is 24.4. The molecule has 230 valence electrons. The summed E-state index contributed by atoms with van der Waals surface area (Å²) in [6, 6.07) is 12.9. The molecule has 1 aromatic carbocycles. The van der Waals surface area contributed by atoms with Crippen LogP contribution in [-0.4, -0.2) is 67.6 Å².